The highest BCUT2D eigenvalue weighted by molar-refractivity contribution is 8.02. The van der Waals surface area contributed by atoms with Gasteiger partial charge in [0.05, 0.1) is 17.0 Å². The summed E-state index contributed by atoms with van der Waals surface area (Å²) in [4.78, 5) is 12.6. The van der Waals surface area contributed by atoms with Gasteiger partial charge in [0, 0.05) is 0 Å². The molecule has 0 bridgehead atoms. The molecule has 0 unspecified atom stereocenters. The third kappa shape index (κ3) is 4.34. The number of para-hydroxylation sites is 1. The number of hydrogen-bond acceptors (Lipinski definition) is 6. The number of benzene rings is 1. The Morgan fingerprint density at radius 3 is 2.73 bits per heavy atom. The Labute approximate surface area is 166 Å². The Kier molecular flexibility index (Phi) is 6.12. The van der Waals surface area contributed by atoms with Crippen LogP contribution in [0.5, 0.6) is 0 Å². The average Bonchev–Trinajstić information content (AvgIpc) is 3.03. The molecule has 1 heterocycles. The van der Waals surface area contributed by atoms with E-state index in [9.17, 15) is 10.1 Å². The zero-order valence-electron chi connectivity index (χ0n) is 14.5. The summed E-state index contributed by atoms with van der Waals surface area (Å²) in [6.45, 7) is 1.84. The first kappa shape index (κ1) is 19.1. The molecule has 0 saturated heterocycles. The molecule has 1 aromatic heterocycles. The van der Waals surface area contributed by atoms with Crippen LogP contribution in [0.3, 0.4) is 0 Å². The molecular formula is C18H20N4OS3. The second-order valence-electron chi connectivity index (χ2n) is 6.39. The summed E-state index contributed by atoms with van der Waals surface area (Å²) in [5.74, 6) is -0.120. The van der Waals surface area contributed by atoms with Crippen LogP contribution in [0.4, 0.5) is 0 Å². The number of rotatable bonds is 5. The van der Waals surface area contributed by atoms with Crippen molar-refractivity contribution in [2.24, 2.45) is 0 Å². The molecule has 0 radical (unpaired) electrons. The van der Waals surface area contributed by atoms with E-state index in [2.05, 4.69) is 16.5 Å². The molecule has 1 aliphatic carbocycles. The predicted molar refractivity (Wildman–Crippen MR) is 107 cm³/mol. The number of carbonyl (C=O) groups excluding carboxylic acids is 1. The van der Waals surface area contributed by atoms with Gasteiger partial charge in [0.15, 0.2) is 8.29 Å². The summed E-state index contributed by atoms with van der Waals surface area (Å²) in [7, 11) is 0. The molecule has 5 nitrogen and oxygen atoms in total. The summed E-state index contributed by atoms with van der Waals surface area (Å²) in [5.41, 5.74) is 0.198. The number of amides is 1. The molecular weight excluding hydrogens is 384 g/mol. The van der Waals surface area contributed by atoms with Crippen LogP contribution in [0.25, 0.3) is 5.69 Å². The van der Waals surface area contributed by atoms with Crippen LogP contribution in [-0.2, 0) is 4.79 Å². The minimum Gasteiger partial charge on any atom is -0.337 e. The van der Waals surface area contributed by atoms with E-state index in [0.29, 0.717) is 3.95 Å². The normalized spacial score (nSPS) is 17.2. The van der Waals surface area contributed by atoms with Crippen LogP contribution >= 0.6 is 35.3 Å². The maximum absolute atomic E-state index is 12.6. The molecule has 1 atom stereocenters. The zero-order chi connectivity index (χ0) is 18.6. The maximum atomic E-state index is 12.6. The number of nitriles is 1. The quantitative estimate of drug-likeness (QED) is 0.587. The van der Waals surface area contributed by atoms with Crippen molar-refractivity contribution >= 4 is 41.2 Å². The molecule has 1 saturated carbocycles. The minimum atomic E-state index is -0.708. The van der Waals surface area contributed by atoms with E-state index in [-0.39, 0.29) is 11.2 Å². The lowest BCUT2D eigenvalue weighted by atomic mass is 9.83. The highest BCUT2D eigenvalue weighted by atomic mass is 32.2. The molecule has 2 aromatic rings. The topological polar surface area (TPSA) is 70.7 Å². The fourth-order valence-corrected chi connectivity index (χ4v) is 5.51. The number of nitrogens with one attached hydrogen (secondary N) is 1. The van der Waals surface area contributed by atoms with Gasteiger partial charge >= 0.3 is 0 Å². The molecule has 0 aliphatic heterocycles. The third-order valence-electron chi connectivity index (χ3n) is 4.46. The van der Waals surface area contributed by atoms with Gasteiger partial charge in [-0.3, -0.25) is 4.79 Å². The maximum Gasteiger partial charge on any atom is 0.234 e. The van der Waals surface area contributed by atoms with Crippen molar-refractivity contribution in [3.05, 3.63) is 34.3 Å². The number of aromatic nitrogens is 2. The van der Waals surface area contributed by atoms with E-state index < -0.39 is 5.54 Å². The van der Waals surface area contributed by atoms with Gasteiger partial charge in [-0.2, -0.15) is 5.26 Å². The number of hydrogen-bond donors (Lipinski definition) is 1. The smallest absolute Gasteiger partial charge is 0.234 e. The Morgan fingerprint density at radius 1 is 1.38 bits per heavy atom. The highest BCUT2D eigenvalue weighted by Crippen LogP contribution is 2.30. The molecule has 136 valence electrons. The summed E-state index contributed by atoms with van der Waals surface area (Å²) < 4.78 is 3.11. The Bertz CT molecular complexity index is 863. The molecule has 8 heteroatoms. The second kappa shape index (κ2) is 8.33. The van der Waals surface area contributed by atoms with Gasteiger partial charge in [0.25, 0.3) is 0 Å². The Morgan fingerprint density at radius 2 is 2.08 bits per heavy atom. The third-order valence-corrected chi connectivity index (χ3v) is 6.88. The summed E-state index contributed by atoms with van der Waals surface area (Å²) in [5, 5.41) is 16.7. The first-order valence-electron chi connectivity index (χ1n) is 8.58. The van der Waals surface area contributed by atoms with Gasteiger partial charge in [0.1, 0.15) is 5.54 Å². The SMILES string of the molecule is C[C@H](Sc1nn(-c2ccccc2)c(=S)s1)C(=O)NC1(C#N)CCCCC1. The molecule has 3 rings (SSSR count). The molecule has 1 aliphatic rings. The fraction of sp³-hybridized carbons (Fsp3) is 0.444. The molecule has 26 heavy (non-hydrogen) atoms. The largest absolute Gasteiger partial charge is 0.337 e. The van der Waals surface area contributed by atoms with Gasteiger partial charge in [-0.25, -0.2) is 4.68 Å². The van der Waals surface area contributed by atoms with Crippen LogP contribution in [-0.4, -0.2) is 26.5 Å². The summed E-state index contributed by atoms with van der Waals surface area (Å²) >= 11 is 8.17. The van der Waals surface area contributed by atoms with Crippen molar-refractivity contribution in [2.45, 2.75) is 54.2 Å². The standard InChI is InChI=1S/C18H20N4OS3/c1-13(15(23)20-18(12-19)10-6-3-7-11-18)25-16-21-22(17(24)26-16)14-8-4-2-5-9-14/h2,4-5,8-9,13H,3,6-7,10-11H2,1H3,(H,20,23)/t13-/m0/s1. The number of carbonyl (C=O) groups is 1. The molecule has 0 spiro atoms. The predicted octanol–water partition coefficient (Wildman–Crippen LogP) is 4.49. The lowest BCUT2D eigenvalue weighted by Gasteiger charge is -2.32. The van der Waals surface area contributed by atoms with Crippen molar-refractivity contribution in [1.82, 2.24) is 15.1 Å². The van der Waals surface area contributed by atoms with Gasteiger partial charge in [-0.05, 0) is 44.1 Å². The lowest BCUT2D eigenvalue weighted by molar-refractivity contribution is -0.121. The second-order valence-corrected chi connectivity index (χ2v) is 9.60. The van der Waals surface area contributed by atoms with Crippen LogP contribution in [0.2, 0.25) is 0 Å². The van der Waals surface area contributed by atoms with Crippen LogP contribution in [0, 0.1) is 15.3 Å². The van der Waals surface area contributed by atoms with Crippen LogP contribution in [0.15, 0.2) is 34.7 Å². The van der Waals surface area contributed by atoms with E-state index in [1.54, 1.807) is 4.68 Å². The van der Waals surface area contributed by atoms with Crippen molar-refractivity contribution in [1.29, 1.82) is 5.26 Å². The van der Waals surface area contributed by atoms with Crippen molar-refractivity contribution < 1.29 is 4.79 Å². The zero-order valence-corrected chi connectivity index (χ0v) is 16.9. The molecule has 1 fully saturated rings. The van der Waals surface area contributed by atoms with Crippen molar-refractivity contribution in [3.8, 4) is 11.8 Å². The first-order chi connectivity index (χ1) is 12.5. The monoisotopic (exact) mass is 404 g/mol. The van der Waals surface area contributed by atoms with Crippen molar-refractivity contribution in [3.63, 3.8) is 0 Å². The van der Waals surface area contributed by atoms with Gasteiger partial charge in [-0.15, -0.1) is 5.10 Å². The number of nitrogens with zero attached hydrogens (tertiary/aromatic N) is 3. The minimum absolute atomic E-state index is 0.120. The van der Waals surface area contributed by atoms with E-state index in [1.165, 1.54) is 23.1 Å². The number of thioether (sulfide) groups is 1. The summed E-state index contributed by atoms with van der Waals surface area (Å²) in [6.07, 6.45) is 4.56. The van der Waals surface area contributed by atoms with Gasteiger partial charge in [0.2, 0.25) is 5.91 Å². The average molecular weight is 405 g/mol. The first-order valence-corrected chi connectivity index (χ1v) is 10.7. The van der Waals surface area contributed by atoms with Gasteiger partial charge < -0.3 is 5.32 Å². The van der Waals surface area contributed by atoms with Crippen molar-refractivity contribution in [2.75, 3.05) is 0 Å². The molecule has 1 amide bonds. The van der Waals surface area contributed by atoms with E-state index in [0.717, 1.165) is 42.1 Å². The Hall–Kier alpha value is -1.69. The van der Waals surface area contributed by atoms with E-state index in [1.807, 2.05) is 37.3 Å². The summed E-state index contributed by atoms with van der Waals surface area (Å²) in [6, 6.07) is 12.0. The Balaban J connectivity index is 1.68. The fourth-order valence-electron chi connectivity index (χ4n) is 3.00. The molecule has 1 aromatic carbocycles. The molecule has 1 N–H and O–H groups in total. The van der Waals surface area contributed by atoms with Crippen LogP contribution in [0.1, 0.15) is 39.0 Å². The van der Waals surface area contributed by atoms with E-state index in [4.69, 9.17) is 12.2 Å². The van der Waals surface area contributed by atoms with E-state index >= 15 is 0 Å². The van der Waals surface area contributed by atoms with Gasteiger partial charge in [-0.1, -0.05) is 60.6 Å². The highest BCUT2D eigenvalue weighted by Gasteiger charge is 2.35. The van der Waals surface area contributed by atoms with Crippen LogP contribution < -0.4 is 5.32 Å². The lowest BCUT2D eigenvalue weighted by Crippen LogP contribution is -2.50.